The molecule has 0 fully saturated rings. The molecule has 1 heteroatoms. The average Bonchev–Trinajstić information content (AvgIpc) is 1.87. The maximum absolute atomic E-state index is 2.33. The SMILES string of the molecule is CCC(C)CC(C)SC. The summed E-state index contributed by atoms with van der Waals surface area (Å²) in [6.45, 7) is 6.89. The molecular weight excluding hydrogens is 128 g/mol. The van der Waals surface area contributed by atoms with Crippen molar-refractivity contribution in [3.05, 3.63) is 0 Å². The second kappa shape index (κ2) is 5.16. The Balaban J connectivity index is 3.22. The number of thioether (sulfide) groups is 1. The largest absolute Gasteiger partial charge is 0.162 e. The third kappa shape index (κ3) is 4.83. The smallest absolute Gasteiger partial charge is 0.00184 e. The van der Waals surface area contributed by atoms with Crippen molar-refractivity contribution in [2.24, 2.45) is 5.92 Å². The van der Waals surface area contributed by atoms with Gasteiger partial charge in [-0.05, 0) is 18.6 Å². The molecule has 0 aliphatic rings. The van der Waals surface area contributed by atoms with Crippen molar-refractivity contribution >= 4 is 11.8 Å². The van der Waals surface area contributed by atoms with E-state index in [4.69, 9.17) is 0 Å². The highest BCUT2D eigenvalue weighted by atomic mass is 32.2. The minimum absolute atomic E-state index is 0.847. The summed E-state index contributed by atoms with van der Waals surface area (Å²) in [6, 6.07) is 0. The first-order valence-corrected chi connectivity index (χ1v) is 5.02. The standard InChI is InChI=1S/C8H18S/c1-5-7(2)6-8(3)9-4/h7-8H,5-6H2,1-4H3. The molecule has 0 N–H and O–H groups in total. The van der Waals surface area contributed by atoms with E-state index in [2.05, 4.69) is 27.0 Å². The van der Waals surface area contributed by atoms with Crippen LogP contribution in [0.4, 0.5) is 0 Å². The van der Waals surface area contributed by atoms with Gasteiger partial charge in [-0.3, -0.25) is 0 Å². The second-order valence-electron chi connectivity index (χ2n) is 2.80. The molecule has 0 spiro atoms. The van der Waals surface area contributed by atoms with Gasteiger partial charge in [0.1, 0.15) is 0 Å². The van der Waals surface area contributed by atoms with Gasteiger partial charge in [-0.15, -0.1) is 0 Å². The Labute approximate surface area is 63.4 Å². The maximum Gasteiger partial charge on any atom is 0.00184 e. The third-order valence-electron chi connectivity index (χ3n) is 1.83. The van der Waals surface area contributed by atoms with E-state index < -0.39 is 0 Å². The molecule has 0 radical (unpaired) electrons. The van der Waals surface area contributed by atoms with Gasteiger partial charge in [-0.1, -0.05) is 27.2 Å². The Morgan fingerprint density at radius 3 is 2.22 bits per heavy atom. The van der Waals surface area contributed by atoms with Gasteiger partial charge in [0.2, 0.25) is 0 Å². The molecule has 9 heavy (non-hydrogen) atoms. The lowest BCUT2D eigenvalue weighted by Gasteiger charge is -2.12. The molecular formula is C8H18S. The molecule has 0 nitrogen and oxygen atoms in total. The van der Waals surface area contributed by atoms with Crippen LogP contribution >= 0.6 is 11.8 Å². The van der Waals surface area contributed by atoms with E-state index in [-0.39, 0.29) is 0 Å². The van der Waals surface area contributed by atoms with Crippen LogP contribution in [0.5, 0.6) is 0 Å². The topological polar surface area (TPSA) is 0 Å². The Hall–Kier alpha value is 0.350. The molecule has 0 aromatic heterocycles. The van der Waals surface area contributed by atoms with Crippen molar-refractivity contribution in [3.63, 3.8) is 0 Å². The van der Waals surface area contributed by atoms with Crippen LogP contribution in [-0.4, -0.2) is 11.5 Å². The highest BCUT2D eigenvalue weighted by Crippen LogP contribution is 2.17. The first-order chi connectivity index (χ1) is 4.20. The summed E-state index contributed by atoms with van der Waals surface area (Å²) in [6.07, 6.45) is 4.88. The summed E-state index contributed by atoms with van der Waals surface area (Å²) in [4.78, 5) is 0. The molecule has 0 bridgehead atoms. The number of rotatable bonds is 4. The van der Waals surface area contributed by atoms with E-state index in [1.54, 1.807) is 0 Å². The van der Waals surface area contributed by atoms with Crippen LogP contribution in [0, 0.1) is 5.92 Å². The van der Waals surface area contributed by atoms with Gasteiger partial charge in [0.05, 0.1) is 0 Å². The van der Waals surface area contributed by atoms with Crippen LogP contribution in [-0.2, 0) is 0 Å². The zero-order valence-corrected chi connectivity index (χ0v) is 7.79. The van der Waals surface area contributed by atoms with Crippen LogP contribution in [0.15, 0.2) is 0 Å². The van der Waals surface area contributed by atoms with Gasteiger partial charge >= 0.3 is 0 Å². The van der Waals surface area contributed by atoms with E-state index in [9.17, 15) is 0 Å². The summed E-state index contributed by atoms with van der Waals surface area (Å²) < 4.78 is 0. The molecule has 0 rings (SSSR count). The van der Waals surface area contributed by atoms with Crippen molar-refractivity contribution < 1.29 is 0 Å². The number of hydrogen-bond acceptors (Lipinski definition) is 1. The Morgan fingerprint density at radius 2 is 1.89 bits per heavy atom. The molecule has 0 aromatic rings. The molecule has 0 saturated heterocycles. The second-order valence-corrected chi connectivity index (χ2v) is 4.07. The normalized spacial score (nSPS) is 17.3. The molecule has 0 amide bonds. The molecule has 0 heterocycles. The summed E-state index contributed by atoms with van der Waals surface area (Å²) in [7, 11) is 0. The van der Waals surface area contributed by atoms with E-state index in [0.717, 1.165) is 11.2 Å². The third-order valence-corrected chi connectivity index (χ3v) is 2.83. The lowest BCUT2D eigenvalue weighted by Crippen LogP contribution is -2.02. The van der Waals surface area contributed by atoms with Gasteiger partial charge in [0.25, 0.3) is 0 Å². The highest BCUT2D eigenvalue weighted by molar-refractivity contribution is 7.99. The van der Waals surface area contributed by atoms with Crippen LogP contribution in [0.2, 0.25) is 0 Å². The zero-order valence-electron chi connectivity index (χ0n) is 6.98. The van der Waals surface area contributed by atoms with Gasteiger partial charge in [-0.25, -0.2) is 0 Å². The lowest BCUT2D eigenvalue weighted by molar-refractivity contribution is 0.516. The fourth-order valence-electron chi connectivity index (χ4n) is 0.830. The lowest BCUT2D eigenvalue weighted by atomic mass is 10.0. The predicted molar refractivity (Wildman–Crippen MR) is 47.0 cm³/mol. The molecule has 2 unspecified atom stereocenters. The summed E-state index contributed by atoms with van der Waals surface area (Å²) in [5, 5.41) is 0.847. The van der Waals surface area contributed by atoms with Gasteiger partial charge < -0.3 is 0 Å². The summed E-state index contributed by atoms with van der Waals surface area (Å²) in [5.74, 6) is 0.910. The van der Waals surface area contributed by atoms with Crippen molar-refractivity contribution in [1.29, 1.82) is 0 Å². The van der Waals surface area contributed by atoms with E-state index in [0.29, 0.717) is 0 Å². The van der Waals surface area contributed by atoms with Crippen LogP contribution < -0.4 is 0 Å². The van der Waals surface area contributed by atoms with Gasteiger partial charge in [-0.2, -0.15) is 11.8 Å². The Morgan fingerprint density at radius 1 is 1.33 bits per heavy atom. The number of hydrogen-bond donors (Lipinski definition) is 0. The molecule has 0 aromatic carbocycles. The Kier molecular flexibility index (Phi) is 5.36. The molecule has 0 aliphatic heterocycles. The summed E-state index contributed by atoms with van der Waals surface area (Å²) >= 11 is 1.97. The predicted octanol–water partition coefficient (Wildman–Crippen LogP) is 3.17. The monoisotopic (exact) mass is 146 g/mol. The average molecular weight is 146 g/mol. The quantitative estimate of drug-likeness (QED) is 0.587. The van der Waals surface area contributed by atoms with Crippen molar-refractivity contribution in [1.82, 2.24) is 0 Å². The first kappa shape index (κ1) is 9.35. The molecule has 56 valence electrons. The molecule has 2 atom stereocenters. The van der Waals surface area contributed by atoms with Crippen molar-refractivity contribution in [3.8, 4) is 0 Å². The highest BCUT2D eigenvalue weighted by Gasteiger charge is 2.03. The van der Waals surface area contributed by atoms with Gasteiger partial charge in [0, 0.05) is 5.25 Å². The van der Waals surface area contributed by atoms with E-state index >= 15 is 0 Å². The first-order valence-electron chi connectivity index (χ1n) is 3.73. The summed E-state index contributed by atoms with van der Waals surface area (Å²) in [5.41, 5.74) is 0. The van der Waals surface area contributed by atoms with Crippen LogP contribution in [0.3, 0.4) is 0 Å². The van der Waals surface area contributed by atoms with E-state index in [1.807, 2.05) is 11.8 Å². The zero-order chi connectivity index (χ0) is 7.28. The molecule has 0 saturated carbocycles. The van der Waals surface area contributed by atoms with Crippen LogP contribution in [0.1, 0.15) is 33.6 Å². The van der Waals surface area contributed by atoms with Crippen molar-refractivity contribution in [2.45, 2.75) is 38.9 Å². The minimum Gasteiger partial charge on any atom is -0.162 e. The Bertz CT molecular complexity index is 53.6. The fraction of sp³-hybridized carbons (Fsp3) is 1.00. The molecule has 0 aliphatic carbocycles. The van der Waals surface area contributed by atoms with Crippen molar-refractivity contribution in [2.75, 3.05) is 6.26 Å². The van der Waals surface area contributed by atoms with Gasteiger partial charge in [0.15, 0.2) is 0 Å². The van der Waals surface area contributed by atoms with E-state index in [1.165, 1.54) is 12.8 Å². The maximum atomic E-state index is 2.33. The van der Waals surface area contributed by atoms with Crippen LogP contribution in [0.25, 0.3) is 0 Å². The minimum atomic E-state index is 0.847. The fourth-order valence-corrected chi connectivity index (χ4v) is 1.35.